The van der Waals surface area contributed by atoms with Gasteiger partial charge in [0.1, 0.15) is 6.17 Å². The Morgan fingerprint density at radius 2 is 1.97 bits per heavy atom. The molecular weight excluding hydrogens is 382 g/mol. The number of allylic oxidation sites excluding steroid dienone is 3. The predicted octanol–water partition coefficient (Wildman–Crippen LogP) is 5.54. The van der Waals surface area contributed by atoms with Crippen molar-refractivity contribution in [3.63, 3.8) is 0 Å². The van der Waals surface area contributed by atoms with Gasteiger partial charge in [0.2, 0.25) is 0 Å². The van der Waals surface area contributed by atoms with Crippen molar-refractivity contribution in [2.24, 2.45) is 16.8 Å². The first-order chi connectivity index (χ1) is 13.8. The second kappa shape index (κ2) is 7.69. The van der Waals surface area contributed by atoms with Crippen LogP contribution in [-0.4, -0.2) is 16.8 Å². The number of rotatable bonds is 3. The van der Waals surface area contributed by atoms with E-state index < -0.39 is 11.7 Å². The Morgan fingerprint density at radius 3 is 2.69 bits per heavy atom. The summed E-state index contributed by atoms with van der Waals surface area (Å²) in [4.78, 5) is 6.63. The summed E-state index contributed by atoms with van der Waals surface area (Å²) in [6, 6.07) is 5.18. The van der Waals surface area contributed by atoms with Crippen LogP contribution in [0.1, 0.15) is 37.3 Å². The fraction of sp³-hybridized carbons (Fsp3) is 0.409. The van der Waals surface area contributed by atoms with E-state index >= 15 is 0 Å². The largest absolute Gasteiger partial charge is 0.416 e. The SMILES string of the molecule is CC1CC=C(F)CC(C2N=C3C=CN(Cc4ccc(C(F)(F)F)cc4)C=C3N2)C1. The van der Waals surface area contributed by atoms with Gasteiger partial charge in [0.25, 0.3) is 0 Å². The molecule has 1 aromatic carbocycles. The Balaban J connectivity index is 1.42. The second-order valence-electron chi connectivity index (χ2n) is 8.02. The van der Waals surface area contributed by atoms with Gasteiger partial charge in [-0.2, -0.15) is 13.2 Å². The molecule has 4 rings (SSSR count). The Kier molecular flexibility index (Phi) is 5.23. The maximum absolute atomic E-state index is 14.0. The Bertz CT molecular complexity index is 880. The molecule has 0 fully saturated rings. The van der Waals surface area contributed by atoms with Gasteiger partial charge in [0.05, 0.1) is 22.8 Å². The van der Waals surface area contributed by atoms with Crippen LogP contribution in [-0.2, 0) is 12.7 Å². The molecule has 0 bridgehead atoms. The number of nitrogens with zero attached hydrogens (tertiary/aromatic N) is 2. The average Bonchev–Trinajstić information content (AvgIpc) is 3.01. The van der Waals surface area contributed by atoms with E-state index in [0.29, 0.717) is 18.9 Å². The molecule has 3 aliphatic rings. The molecule has 2 heterocycles. The molecule has 0 radical (unpaired) electrons. The number of hydrogen-bond acceptors (Lipinski definition) is 3. The first kappa shape index (κ1) is 19.7. The van der Waals surface area contributed by atoms with E-state index in [0.717, 1.165) is 41.9 Å². The topological polar surface area (TPSA) is 27.6 Å². The summed E-state index contributed by atoms with van der Waals surface area (Å²) in [5.74, 6) is 0.447. The molecule has 1 N–H and O–H groups in total. The third-order valence-corrected chi connectivity index (χ3v) is 5.57. The fourth-order valence-electron chi connectivity index (χ4n) is 4.03. The number of nitrogens with one attached hydrogen (secondary N) is 1. The van der Waals surface area contributed by atoms with Crippen molar-refractivity contribution >= 4 is 5.71 Å². The van der Waals surface area contributed by atoms with Gasteiger partial charge < -0.3 is 10.2 Å². The Labute approximate surface area is 167 Å². The van der Waals surface area contributed by atoms with Crippen LogP contribution in [0.2, 0.25) is 0 Å². The zero-order valence-electron chi connectivity index (χ0n) is 16.1. The number of benzene rings is 1. The summed E-state index contributed by atoms with van der Waals surface area (Å²) in [5.41, 5.74) is 1.83. The van der Waals surface area contributed by atoms with Crippen LogP contribution in [0.15, 0.2) is 65.3 Å². The Morgan fingerprint density at radius 1 is 1.21 bits per heavy atom. The van der Waals surface area contributed by atoms with Crippen LogP contribution in [0, 0.1) is 11.8 Å². The third kappa shape index (κ3) is 4.54. The molecule has 1 aliphatic carbocycles. The van der Waals surface area contributed by atoms with Gasteiger partial charge in [-0.1, -0.05) is 25.1 Å². The lowest BCUT2D eigenvalue weighted by atomic mass is 9.92. The lowest BCUT2D eigenvalue weighted by Crippen LogP contribution is -2.32. The molecule has 29 heavy (non-hydrogen) atoms. The maximum atomic E-state index is 14.0. The minimum absolute atomic E-state index is 0.0651. The fourth-order valence-corrected chi connectivity index (χ4v) is 4.03. The summed E-state index contributed by atoms with van der Waals surface area (Å²) >= 11 is 0. The minimum atomic E-state index is -4.33. The molecule has 7 heteroatoms. The normalized spacial score (nSPS) is 26.9. The van der Waals surface area contributed by atoms with E-state index in [4.69, 9.17) is 4.99 Å². The van der Waals surface area contributed by atoms with E-state index in [-0.39, 0.29) is 17.9 Å². The van der Waals surface area contributed by atoms with Gasteiger partial charge in [-0.3, -0.25) is 4.99 Å². The second-order valence-corrected chi connectivity index (χ2v) is 8.02. The van der Waals surface area contributed by atoms with E-state index in [1.807, 2.05) is 23.4 Å². The lowest BCUT2D eigenvalue weighted by molar-refractivity contribution is -0.137. The van der Waals surface area contributed by atoms with Gasteiger partial charge >= 0.3 is 6.18 Å². The van der Waals surface area contributed by atoms with Crippen molar-refractivity contribution in [1.29, 1.82) is 0 Å². The standard InChI is InChI=1S/C22H23F4N3/c1-14-2-7-18(23)11-16(10-14)21-27-19-8-9-29(13-20(19)28-21)12-15-3-5-17(6-4-15)22(24,25)26/h3-9,13-14,16,21,28H,2,10-12H2,1H3. The highest BCUT2D eigenvalue weighted by molar-refractivity contribution is 6.09. The van der Waals surface area contributed by atoms with Crippen molar-refractivity contribution in [2.45, 2.75) is 45.1 Å². The van der Waals surface area contributed by atoms with Crippen LogP contribution in [0.4, 0.5) is 17.6 Å². The van der Waals surface area contributed by atoms with Crippen molar-refractivity contribution in [3.8, 4) is 0 Å². The molecule has 3 atom stereocenters. The minimum Gasteiger partial charge on any atom is -0.361 e. The number of hydrogen-bond donors (Lipinski definition) is 1. The highest BCUT2D eigenvalue weighted by atomic mass is 19.4. The van der Waals surface area contributed by atoms with Gasteiger partial charge in [-0.05, 0) is 42.5 Å². The predicted molar refractivity (Wildman–Crippen MR) is 104 cm³/mol. The summed E-state index contributed by atoms with van der Waals surface area (Å²) in [7, 11) is 0. The molecule has 1 aromatic rings. The van der Waals surface area contributed by atoms with Gasteiger partial charge in [0, 0.05) is 31.3 Å². The molecule has 3 nitrogen and oxygen atoms in total. The van der Waals surface area contributed by atoms with Crippen LogP contribution in [0.25, 0.3) is 0 Å². The van der Waals surface area contributed by atoms with Crippen molar-refractivity contribution in [1.82, 2.24) is 10.2 Å². The summed E-state index contributed by atoms with van der Waals surface area (Å²) in [6.45, 7) is 2.58. The molecule has 154 valence electrons. The monoisotopic (exact) mass is 405 g/mol. The van der Waals surface area contributed by atoms with E-state index in [1.165, 1.54) is 12.1 Å². The molecule has 0 saturated heterocycles. The zero-order valence-corrected chi connectivity index (χ0v) is 16.1. The molecule has 0 spiro atoms. The summed E-state index contributed by atoms with van der Waals surface area (Å²) in [6.07, 6.45) is 4.91. The summed E-state index contributed by atoms with van der Waals surface area (Å²) < 4.78 is 52.1. The first-order valence-corrected chi connectivity index (χ1v) is 9.79. The maximum Gasteiger partial charge on any atom is 0.416 e. The Hall–Kier alpha value is -2.57. The van der Waals surface area contributed by atoms with Crippen LogP contribution >= 0.6 is 0 Å². The molecule has 2 aliphatic heterocycles. The number of aliphatic imine (C=N–C) groups is 1. The zero-order chi connectivity index (χ0) is 20.6. The van der Waals surface area contributed by atoms with Crippen LogP contribution in [0.5, 0.6) is 0 Å². The van der Waals surface area contributed by atoms with Gasteiger partial charge in [-0.25, -0.2) is 4.39 Å². The highest BCUT2D eigenvalue weighted by Crippen LogP contribution is 2.33. The highest BCUT2D eigenvalue weighted by Gasteiger charge is 2.32. The summed E-state index contributed by atoms with van der Waals surface area (Å²) in [5, 5.41) is 3.40. The first-order valence-electron chi connectivity index (χ1n) is 9.79. The smallest absolute Gasteiger partial charge is 0.361 e. The molecule has 0 amide bonds. The number of halogens is 4. The van der Waals surface area contributed by atoms with Crippen molar-refractivity contribution in [2.75, 3.05) is 0 Å². The van der Waals surface area contributed by atoms with E-state index in [1.54, 1.807) is 6.08 Å². The van der Waals surface area contributed by atoms with Crippen molar-refractivity contribution in [3.05, 3.63) is 71.5 Å². The lowest BCUT2D eigenvalue weighted by Gasteiger charge is -2.24. The van der Waals surface area contributed by atoms with Crippen LogP contribution < -0.4 is 5.32 Å². The molecule has 0 aromatic heterocycles. The molecule has 3 unspecified atom stereocenters. The van der Waals surface area contributed by atoms with Gasteiger partial charge in [-0.15, -0.1) is 0 Å². The number of alkyl halides is 3. The van der Waals surface area contributed by atoms with Crippen LogP contribution in [0.3, 0.4) is 0 Å². The van der Waals surface area contributed by atoms with Gasteiger partial charge in [0.15, 0.2) is 0 Å². The van der Waals surface area contributed by atoms with Crippen molar-refractivity contribution < 1.29 is 17.6 Å². The third-order valence-electron chi connectivity index (χ3n) is 5.57. The molecule has 0 saturated carbocycles. The molecular formula is C22H23F4N3. The number of fused-ring (bicyclic) bond motifs is 1. The van der Waals surface area contributed by atoms with E-state index in [2.05, 4.69) is 12.2 Å². The quantitative estimate of drug-likeness (QED) is 0.669. The van der Waals surface area contributed by atoms with E-state index in [9.17, 15) is 17.6 Å². The average molecular weight is 405 g/mol.